The Kier molecular flexibility index (Phi) is 4.48. The Hall–Kier alpha value is -1.35. The molecule has 0 radical (unpaired) electrons. The van der Waals surface area contributed by atoms with Gasteiger partial charge in [0.2, 0.25) is 5.91 Å². The van der Waals surface area contributed by atoms with E-state index in [9.17, 15) is 13.2 Å². The number of hydrogen-bond donors (Lipinski definition) is 2. The summed E-state index contributed by atoms with van der Waals surface area (Å²) in [6.45, 7) is 0.667. The third-order valence-electron chi connectivity index (χ3n) is 3.68. The normalized spacial score (nSPS) is 31.0. The monoisotopic (exact) mass is 305 g/mol. The molecule has 8 nitrogen and oxygen atoms in total. The van der Waals surface area contributed by atoms with Crippen molar-refractivity contribution in [2.24, 2.45) is 10.9 Å². The summed E-state index contributed by atoms with van der Waals surface area (Å²) in [5.74, 6) is -0.449. The van der Waals surface area contributed by atoms with Crippen molar-refractivity contribution < 1.29 is 23.2 Å². The van der Waals surface area contributed by atoms with E-state index < -0.39 is 27.1 Å². The van der Waals surface area contributed by atoms with Crippen molar-refractivity contribution in [2.75, 3.05) is 25.4 Å². The molecule has 2 aliphatic heterocycles. The van der Waals surface area contributed by atoms with Crippen LogP contribution in [0.15, 0.2) is 5.16 Å². The molecule has 0 bridgehead atoms. The predicted molar refractivity (Wildman–Crippen MR) is 71.2 cm³/mol. The molecule has 0 aliphatic carbocycles. The van der Waals surface area contributed by atoms with Gasteiger partial charge in [-0.3, -0.25) is 4.79 Å². The maximum atomic E-state index is 12.4. The molecule has 1 amide bonds. The number of nitrogens with zero attached hydrogens (tertiary/aromatic N) is 2. The molecule has 0 aromatic rings. The van der Waals surface area contributed by atoms with Crippen molar-refractivity contribution in [2.45, 2.75) is 30.6 Å². The Bertz CT molecular complexity index is 504. The zero-order valence-electron chi connectivity index (χ0n) is 11.1. The van der Waals surface area contributed by atoms with Gasteiger partial charge in [0.05, 0.1) is 18.9 Å². The number of amidine groups is 1. The highest BCUT2D eigenvalue weighted by atomic mass is 32.2. The molecule has 2 unspecified atom stereocenters. The second-order valence-corrected chi connectivity index (χ2v) is 7.32. The molecule has 2 aliphatic rings. The van der Waals surface area contributed by atoms with Crippen LogP contribution >= 0.6 is 0 Å². The molecular formula is C11H19N3O5S. The average molecular weight is 305 g/mol. The van der Waals surface area contributed by atoms with Gasteiger partial charge in [0.1, 0.15) is 11.4 Å². The fraction of sp³-hybridized carbons (Fsp3) is 0.818. The Morgan fingerprint density at radius 3 is 2.80 bits per heavy atom. The maximum Gasteiger partial charge on any atom is 0.241 e. The van der Waals surface area contributed by atoms with Crippen LogP contribution in [0.2, 0.25) is 0 Å². The topological polar surface area (TPSA) is 122 Å². The van der Waals surface area contributed by atoms with Crippen LogP contribution < -0.4 is 5.73 Å². The Labute approximate surface area is 117 Å². The number of nitrogens with two attached hydrogens (primary N) is 1. The van der Waals surface area contributed by atoms with Crippen molar-refractivity contribution in [1.29, 1.82) is 0 Å². The summed E-state index contributed by atoms with van der Waals surface area (Å²) >= 11 is 0. The summed E-state index contributed by atoms with van der Waals surface area (Å²) in [5.41, 5.74) is 5.46. The van der Waals surface area contributed by atoms with E-state index in [-0.39, 0.29) is 24.7 Å². The van der Waals surface area contributed by atoms with E-state index in [1.807, 2.05) is 0 Å². The molecule has 2 saturated heterocycles. The molecule has 0 aromatic carbocycles. The van der Waals surface area contributed by atoms with E-state index >= 15 is 0 Å². The molecule has 2 fully saturated rings. The standard InChI is InChI=1S/C11H19N3O5S/c12-10(13-16)8-7-14(4-5-19-8)11(15)9-3-1-2-6-20(9,17)18/h8-9,16H,1-7H2,(H2,12,13). The van der Waals surface area contributed by atoms with E-state index in [1.54, 1.807) is 0 Å². The smallest absolute Gasteiger partial charge is 0.241 e. The van der Waals surface area contributed by atoms with Gasteiger partial charge in [-0.2, -0.15) is 0 Å². The first-order valence-corrected chi connectivity index (χ1v) is 8.26. The quantitative estimate of drug-likeness (QED) is 0.290. The summed E-state index contributed by atoms with van der Waals surface area (Å²) < 4.78 is 29.2. The first kappa shape index (κ1) is 15.0. The number of hydrogen-bond acceptors (Lipinski definition) is 6. The fourth-order valence-corrected chi connectivity index (χ4v) is 4.40. The fourth-order valence-electron chi connectivity index (χ4n) is 2.53. The number of morpholine rings is 1. The lowest BCUT2D eigenvalue weighted by atomic mass is 10.1. The van der Waals surface area contributed by atoms with Crippen molar-refractivity contribution in [3.8, 4) is 0 Å². The minimum absolute atomic E-state index is 0.0669. The summed E-state index contributed by atoms with van der Waals surface area (Å²) in [4.78, 5) is 13.8. The van der Waals surface area contributed by atoms with E-state index in [2.05, 4.69) is 5.16 Å². The van der Waals surface area contributed by atoms with Crippen LogP contribution in [0.4, 0.5) is 0 Å². The molecule has 2 heterocycles. The van der Waals surface area contributed by atoms with E-state index in [1.165, 1.54) is 4.90 Å². The van der Waals surface area contributed by atoms with Gasteiger partial charge in [0, 0.05) is 6.54 Å². The Balaban J connectivity index is 2.08. The number of oxime groups is 1. The lowest BCUT2D eigenvalue weighted by Gasteiger charge is -2.35. The lowest BCUT2D eigenvalue weighted by molar-refractivity contribution is -0.136. The molecule has 3 N–H and O–H groups in total. The predicted octanol–water partition coefficient (Wildman–Crippen LogP) is -1.07. The van der Waals surface area contributed by atoms with E-state index in [0.29, 0.717) is 19.4 Å². The van der Waals surface area contributed by atoms with Crippen LogP contribution in [0.5, 0.6) is 0 Å². The Morgan fingerprint density at radius 1 is 1.40 bits per heavy atom. The molecular weight excluding hydrogens is 286 g/mol. The van der Waals surface area contributed by atoms with Crippen molar-refractivity contribution in [3.05, 3.63) is 0 Å². The summed E-state index contributed by atoms with van der Waals surface area (Å²) in [6, 6.07) is 0. The van der Waals surface area contributed by atoms with E-state index in [4.69, 9.17) is 15.7 Å². The first-order valence-electron chi connectivity index (χ1n) is 6.55. The molecule has 2 rings (SSSR count). The van der Waals surface area contributed by atoms with Crippen LogP contribution in [0.1, 0.15) is 19.3 Å². The molecule has 9 heteroatoms. The van der Waals surface area contributed by atoms with Gasteiger partial charge in [0.25, 0.3) is 0 Å². The van der Waals surface area contributed by atoms with Crippen molar-refractivity contribution in [1.82, 2.24) is 4.90 Å². The number of carbonyl (C=O) groups excluding carboxylic acids is 1. The second-order valence-electron chi connectivity index (χ2n) is 5.02. The van der Waals surface area contributed by atoms with Gasteiger partial charge in [-0.05, 0) is 12.8 Å². The zero-order chi connectivity index (χ0) is 14.8. The van der Waals surface area contributed by atoms with Crippen LogP contribution in [0, 0.1) is 0 Å². The SMILES string of the molecule is NC(=NO)C1CN(C(=O)C2CCCCS2(=O)=O)CCO1. The minimum Gasteiger partial charge on any atom is -0.409 e. The van der Waals surface area contributed by atoms with Gasteiger partial charge in [-0.25, -0.2) is 8.42 Å². The number of rotatable bonds is 2. The molecule has 0 spiro atoms. The van der Waals surface area contributed by atoms with Gasteiger partial charge in [0.15, 0.2) is 15.7 Å². The Morgan fingerprint density at radius 2 is 2.15 bits per heavy atom. The van der Waals surface area contributed by atoms with E-state index in [0.717, 1.165) is 6.42 Å². The first-order chi connectivity index (χ1) is 9.45. The molecule has 2 atom stereocenters. The molecule has 0 aromatic heterocycles. The van der Waals surface area contributed by atoms with Gasteiger partial charge in [-0.1, -0.05) is 11.6 Å². The third-order valence-corrected chi connectivity index (χ3v) is 5.84. The lowest BCUT2D eigenvalue weighted by Crippen LogP contribution is -2.54. The third kappa shape index (κ3) is 3.04. The highest BCUT2D eigenvalue weighted by Gasteiger charge is 2.39. The number of amides is 1. The van der Waals surface area contributed by atoms with Gasteiger partial charge < -0.3 is 20.6 Å². The largest absolute Gasteiger partial charge is 0.409 e. The number of sulfone groups is 1. The average Bonchev–Trinajstić information content (AvgIpc) is 2.45. The van der Waals surface area contributed by atoms with Crippen LogP contribution in [-0.4, -0.2) is 67.1 Å². The molecule has 114 valence electrons. The van der Waals surface area contributed by atoms with Crippen LogP contribution in [-0.2, 0) is 19.4 Å². The minimum atomic E-state index is -3.36. The highest BCUT2D eigenvalue weighted by Crippen LogP contribution is 2.22. The van der Waals surface area contributed by atoms with Crippen LogP contribution in [0.3, 0.4) is 0 Å². The number of carbonyl (C=O) groups is 1. The maximum absolute atomic E-state index is 12.4. The van der Waals surface area contributed by atoms with Gasteiger partial charge >= 0.3 is 0 Å². The molecule has 20 heavy (non-hydrogen) atoms. The highest BCUT2D eigenvalue weighted by molar-refractivity contribution is 7.92. The second kappa shape index (κ2) is 5.96. The number of ether oxygens (including phenoxy) is 1. The van der Waals surface area contributed by atoms with Crippen molar-refractivity contribution >= 4 is 21.6 Å². The summed E-state index contributed by atoms with van der Waals surface area (Å²) in [5, 5.41) is 10.5. The zero-order valence-corrected chi connectivity index (χ0v) is 11.9. The molecule has 0 saturated carbocycles. The van der Waals surface area contributed by atoms with Gasteiger partial charge in [-0.15, -0.1) is 0 Å². The van der Waals surface area contributed by atoms with Crippen molar-refractivity contribution in [3.63, 3.8) is 0 Å². The summed E-state index contributed by atoms with van der Waals surface area (Å²) in [6.07, 6.45) is 1.03. The summed E-state index contributed by atoms with van der Waals surface area (Å²) in [7, 11) is -3.36. The van der Waals surface area contributed by atoms with Crippen LogP contribution in [0.25, 0.3) is 0 Å².